The van der Waals surface area contributed by atoms with Gasteiger partial charge in [-0.05, 0) is 335 Å². The molecule has 0 spiro atoms. The summed E-state index contributed by atoms with van der Waals surface area (Å²) < 4.78 is 0. The molecule has 0 bridgehead atoms. The summed E-state index contributed by atoms with van der Waals surface area (Å²) in [4.78, 5) is 0. The summed E-state index contributed by atoms with van der Waals surface area (Å²) in [5.74, 6) is 0. The normalized spacial score (nSPS) is 14.4. The van der Waals surface area contributed by atoms with Crippen molar-refractivity contribution in [1.29, 1.82) is 0 Å². The van der Waals surface area contributed by atoms with Gasteiger partial charge in [-0.3, -0.25) is 0 Å². The average Bonchev–Trinajstić information content (AvgIpc) is 3.28. The molecular formula is C64H16. The average molecular weight is 785 g/mol. The van der Waals surface area contributed by atoms with E-state index in [1.807, 2.05) is 0 Å². The highest BCUT2D eigenvalue weighted by molar-refractivity contribution is 6.63. The van der Waals surface area contributed by atoms with Crippen molar-refractivity contribution in [3.8, 4) is 0 Å². The van der Waals surface area contributed by atoms with E-state index in [2.05, 4.69) is 128 Å². The lowest BCUT2D eigenvalue weighted by Crippen LogP contribution is -2.03. The van der Waals surface area contributed by atoms with E-state index in [9.17, 15) is 0 Å². The summed E-state index contributed by atoms with van der Waals surface area (Å²) in [6.07, 6.45) is 0. The molecule has 0 aliphatic heterocycles. The van der Waals surface area contributed by atoms with E-state index >= 15 is 0 Å². The van der Waals surface area contributed by atoms with Crippen LogP contribution in [0, 0.1) is 42.5 Å². The third-order valence-electron chi connectivity index (χ3n) is 16.9. The monoisotopic (exact) mass is 784 g/mol. The van der Waals surface area contributed by atoms with Crippen LogP contribution < -0.4 is 10.4 Å². The first-order chi connectivity index (χ1) is 31.5. The van der Waals surface area contributed by atoms with Gasteiger partial charge in [0.1, 0.15) is 0 Å². The SMILES string of the molecule is [CH]=c1[c]c2[c]c3[c]c4[c]c5[c]c6[c]c7[c]cc8cc9cc(=C)cc%10cc%11cc%12cc%13cc%14cc%15ccc%16cc(c1)c2c1c3c2c4c3c5c4c6c5c7c8c(c9%10)c%11c5c%12c4c%13c3c%14c2c%15c%161. The summed E-state index contributed by atoms with van der Waals surface area (Å²) in [5, 5.41) is 51.7. The summed E-state index contributed by atoms with van der Waals surface area (Å²) in [6.45, 7) is 11.0. The van der Waals surface area contributed by atoms with Crippen LogP contribution >= 0.6 is 0 Å². The smallest absolute Gasteiger partial charge is 0.000000000000344 e. The molecule has 64 heavy (non-hydrogen) atoms. The molecule has 8 radical (unpaired) electrons. The second kappa shape index (κ2) is 8.31. The molecule has 272 valence electrons. The number of benzene rings is 21. The van der Waals surface area contributed by atoms with Crippen LogP contribution in [0.5, 0.6) is 0 Å². The molecule has 21 rings (SSSR count). The van der Waals surface area contributed by atoms with Crippen LogP contribution in [0.4, 0.5) is 0 Å². The molecule has 21 aromatic carbocycles. The molecular weight excluding hydrogens is 769 g/mol. The molecule has 0 unspecified atom stereocenters. The fraction of sp³-hybridized carbons (Fsp3) is 0. The Balaban J connectivity index is 1.16. The fourth-order valence-corrected chi connectivity index (χ4v) is 15.2. The molecule has 0 heterocycles. The zero-order valence-electron chi connectivity index (χ0n) is 33.3. The van der Waals surface area contributed by atoms with Gasteiger partial charge in [-0.2, -0.15) is 0 Å². The second-order valence-electron chi connectivity index (χ2n) is 19.6. The zero-order valence-corrected chi connectivity index (χ0v) is 33.3. The van der Waals surface area contributed by atoms with Gasteiger partial charge in [0.2, 0.25) is 0 Å². The van der Waals surface area contributed by atoms with Crippen molar-refractivity contribution in [2.24, 2.45) is 0 Å². The molecule has 0 fully saturated rings. The third-order valence-corrected chi connectivity index (χ3v) is 16.9. The molecule has 0 aliphatic carbocycles. The Morgan fingerprint density at radius 2 is 0.578 bits per heavy atom. The predicted octanol–water partition coefficient (Wildman–Crippen LogP) is 15.3. The van der Waals surface area contributed by atoms with Gasteiger partial charge in [0, 0.05) is 0 Å². The summed E-state index contributed by atoms with van der Waals surface area (Å²) in [6, 6.07) is 57.8. The van der Waals surface area contributed by atoms with Crippen molar-refractivity contribution in [3.05, 3.63) is 132 Å². The lowest BCUT2D eigenvalue weighted by Gasteiger charge is -2.30. The fourth-order valence-electron chi connectivity index (χ4n) is 15.2. The Morgan fingerprint density at radius 1 is 0.266 bits per heavy atom. The largest absolute Gasteiger partial charge is 0.0917 e. The molecule has 0 aliphatic rings. The first kappa shape index (κ1) is 29.1. The van der Waals surface area contributed by atoms with Crippen LogP contribution in [0.2, 0.25) is 0 Å². The van der Waals surface area contributed by atoms with Crippen molar-refractivity contribution in [1.82, 2.24) is 0 Å². The van der Waals surface area contributed by atoms with E-state index in [0.29, 0.717) is 5.22 Å². The van der Waals surface area contributed by atoms with Crippen molar-refractivity contribution < 1.29 is 0 Å². The molecule has 21 aromatic rings. The molecule has 0 amide bonds. The summed E-state index contributed by atoms with van der Waals surface area (Å²) in [7, 11) is 0. The standard InChI is InChI=1S/C64H16/c1-23-7-29-11-25-3-5-27-13-33-18-38-22-40-20-36-16-32-10-24(2)8-30-12-26-4-6-28-14-34-17-37-21-39-19-35-15-31(9-23)41(29)55-43(25)45(27)57-49(33)61-54(38)64-52(40)60-48(36)56(42(30)32)44(26)46(28)58(60)50(34)62(64)53(37)63(61)51(39)59(57)47(35)55/h1,3-5,7-8,10-13,16,18,20,22H,2H2. The molecule has 0 saturated carbocycles. The quantitative estimate of drug-likeness (QED) is 0.106. The van der Waals surface area contributed by atoms with Gasteiger partial charge in [0.25, 0.3) is 0 Å². The maximum atomic E-state index is 6.57. The molecule has 0 aromatic heterocycles. The summed E-state index contributed by atoms with van der Waals surface area (Å²) >= 11 is 0. The van der Waals surface area contributed by atoms with Crippen molar-refractivity contribution in [3.63, 3.8) is 0 Å². The summed E-state index contributed by atoms with van der Waals surface area (Å²) in [5.41, 5.74) is 0. The van der Waals surface area contributed by atoms with Gasteiger partial charge >= 0.3 is 0 Å². The highest BCUT2D eigenvalue weighted by Gasteiger charge is 2.34. The minimum atomic E-state index is 0.629. The van der Waals surface area contributed by atoms with Crippen molar-refractivity contribution in [2.75, 3.05) is 0 Å². The maximum Gasteiger partial charge on any atom is -0.000000000000344 e. The molecule has 0 atom stereocenters. The van der Waals surface area contributed by atoms with Crippen molar-refractivity contribution in [2.45, 2.75) is 0 Å². The van der Waals surface area contributed by atoms with Crippen LogP contribution in [0.15, 0.2) is 78.9 Å². The van der Waals surface area contributed by atoms with E-state index < -0.39 is 0 Å². The minimum absolute atomic E-state index is 0.629. The second-order valence-corrected chi connectivity index (χ2v) is 19.6. The molecule has 0 N–H and O–H groups in total. The number of rotatable bonds is 0. The first-order valence-corrected chi connectivity index (χ1v) is 22.2. The Kier molecular flexibility index (Phi) is 3.78. The van der Waals surface area contributed by atoms with Gasteiger partial charge in [-0.1, -0.05) is 25.3 Å². The van der Waals surface area contributed by atoms with Crippen LogP contribution in [-0.2, 0) is 0 Å². The van der Waals surface area contributed by atoms with Gasteiger partial charge in [-0.25, -0.2) is 0 Å². The van der Waals surface area contributed by atoms with E-state index in [-0.39, 0.29) is 0 Å². The van der Waals surface area contributed by atoms with Crippen LogP contribution in [-0.4, -0.2) is 0 Å². The number of hydrogen-bond donors (Lipinski definition) is 0. The minimum Gasteiger partial charge on any atom is -0.0917 e. The molecule has 0 heteroatoms. The van der Waals surface area contributed by atoms with Crippen LogP contribution in [0.25, 0.3) is 229 Å². The zero-order chi connectivity index (χ0) is 40.4. The Labute approximate surface area is 358 Å². The predicted molar refractivity (Wildman–Crippen MR) is 272 cm³/mol. The highest BCUT2D eigenvalue weighted by Crippen LogP contribution is 2.62. The van der Waals surface area contributed by atoms with Gasteiger partial charge in [-0.15, -0.1) is 0 Å². The van der Waals surface area contributed by atoms with Crippen LogP contribution in [0.3, 0.4) is 0 Å². The lowest BCUT2D eigenvalue weighted by atomic mass is 9.71. The topological polar surface area (TPSA) is 0 Å². The first-order valence-electron chi connectivity index (χ1n) is 22.2. The maximum absolute atomic E-state index is 6.57. The van der Waals surface area contributed by atoms with E-state index in [1.165, 1.54) is 178 Å². The molecule has 0 saturated heterocycles. The Morgan fingerprint density at radius 3 is 1.08 bits per heavy atom. The van der Waals surface area contributed by atoms with E-state index in [1.54, 1.807) is 0 Å². The molecule has 0 nitrogen and oxygen atoms in total. The lowest BCUT2D eigenvalue weighted by molar-refractivity contribution is 1.72. The number of hydrogen-bond acceptors (Lipinski definition) is 0. The Bertz CT molecular complexity index is 5490. The van der Waals surface area contributed by atoms with E-state index in [4.69, 9.17) is 6.58 Å². The third kappa shape index (κ3) is 2.55. The Hall–Kier alpha value is -8.32. The highest BCUT2D eigenvalue weighted by atomic mass is 14.4. The van der Waals surface area contributed by atoms with Gasteiger partial charge in [0.05, 0.1) is 0 Å². The van der Waals surface area contributed by atoms with Gasteiger partial charge < -0.3 is 0 Å². The van der Waals surface area contributed by atoms with Gasteiger partial charge in [0.15, 0.2) is 0 Å². The van der Waals surface area contributed by atoms with E-state index in [0.717, 1.165) is 42.9 Å². The van der Waals surface area contributed by atoms with Crippen LogP contribution in [0.1, 0.15) is 0 Å². The van der Waals surface area contributed by atoms with Crippen molar-refractivity contribution >= 4 is 229 Å².